The van der Waals surface area contributed by atoms with Gasteiger partial charge >= 0.3 is 0 Å². The van der Waals surface area contributed by atoms with E-state index in [0.29, 0.717) is 12.4 Å². The van der Waals surface area contributed by atoms with Gasteiger partial charge in [-0.05, 0) is 6.42 Å². The van der Waals surface area contributed by atoms with Crippen LogP contribution in [0.1, 0.15) is 18.7 Å². The molecular weight excluding hydrogens is 194 g/mol. The van der Waals surface area contributed by atoms with Crippen molar-refractivity contribution in [2.75, 3.05) is 13.2 Å². The minimum absolute atomic E-state index is 0.132. The zero-order valence-corrected chi connectivity index (χ0v) is 8.43. The fraction of sp³-hybridized carbons (Fsp3) is 0.600. The predicted octanol–water partition coefficient (Wildman–Crippen LogP) is 0.908. The molecule has 1 aliphatic rings. The van der Waals surface area contributed by atoms with Crippen molar-refractivity contribution in [3.8, 4) is 6.07 Å². The summed E-state index contributed by atoms with van der Waals surface area (Å²) in [6, 6.07) is 2.03. The molecule has 2 heterocycles. The molecule has 0 atom stereocenters. The second kappa shape index (κ2) is 4.91. The van der Waals surface area contributed by atoms with E-state index in [9.17, 15) is 0 Å². The molecule has 0 amide bonds. The number of imidazole rings is 1. The lowest BCUT2D eigenvalue weighted by Crippen LogP contribution is -2.26. The van der Waals surface area contributed by atoms with Crippen LogP contribution in [-0.4, -0.2) is 29.1 Å². The van der Waals surface area contributed by atoms with E-state index in [4.69, 9.17) is 14.7 Å². The van der Waals surface area contributed by atoms with Gasteiger partial charge in [0.2, 0.25) is 5.82 Å². The van der Waals surface area contributed by atoms with Crippen LogP contribution in [0.25, 0.3) is 0 Å². The van der Waals surface area contributed by atoms with Crippen molar-refractivity contribution in [1.29, 1.82) is 5.26 Å². The van der Waals surface area contributed by atoms with Gasteiger partial charge in [-0.15, -0.1) is 0 Å². The number of nitrogens with zero attached hydrogens (tertiary/aromatic N) is 3. The Morgan fingerprint density at radius 1 is 1.53 bits per heavy atom. The molecule has 5 heteroatoms. The average Bonchev–Trinajstić information content (AvgIpc) is 2.75. The molecule has 2 rings (SSSR count). The van der Waals surface area contributed by atoms with Crippen LogP contribution in [0.4, 0.5) is 0 Å². The van der Waals surface area contributed by atoms with Gasteiger partial charge in [-0.25, -0.2) is 4.98 Å². The van der Waals surface area contributed by atoms with E-state index in [2.05, 4.69) is 4.98 Å². The summed E-state index contributed by atoms with van der Waals surface area (Å²) in [5, 5.41) is 8.75. The third-order valence-electron chi connectivity index (χ3n) is 2.32. The highest BCUT2D eigenvalue weighted by Crippen LogP contribution is 2.10. The smallest absolute Gasteiger partial charge is 0.212 e. The Labute approximate surface area is 88.2 Å². The summed E-state index contributed by atoms with van der Waals surface area (Å²) in [5.74, 6) is 0.436. The second-order valence-corrected chi connectivity index (χ2v) is 3.37. The summed E-state index contributed by atoms with van der Waals surface area (Å²) in [7, 11) is 0. The molecule has 15 heavy (non-hydrogen) atoms. The van der Waals surface area contributed by atoms with Crippen LogP contribution in [0.2, 0.25) is 0 Å². The first-order chi connectivity index (χ1) is 7.40. The van der Waals surface area contributed by atoms with E-state index >= 15 is 0 Å². The standard InChI is InChI=1S/C10H13N3O2/c11-8-9-12-3-5-13(9)4-2-10-14-6-1-7-15-10/h3,5,10H,1-2,4,6-7H2. The summed E-state index contributed by atoms with van der Waals surface area (Å²) >= 11 is 0. The molecule has 0 aromatic carbocycles. The van der Waals surface area contributed by atoms with Crippen LogP contribution in [0.3, 0.4) is 0 Å². The summed E-state index contributed by atoms with van der Waals surface area (Å²) in [6.45, 7) is 2.23. The van der Waals surface area contributed by atoms with E-state index in [-0.39, 0.29) is 6.29 Å². The molecule has 0 saturated carbocycles. The topological polar surface area (TPSA) is 60.1 Å². The van der Waals surface area contributed by atoms with Gasteiger partial charge in [0.25, 0.3) is 0 Å². The fourth-order valence-corrected chi connectivity index (χ4v) is 1.55. The molecule has 0 bridgehead atoms. The molecule has 0 aliphatic carbocycles. The summed E-state index contributed by atoms with van der Waals surface area (Å²) in [6.07, 6.45) is 5.01. The van der Waals surface area contributed by atoms with Crippen molar-refractivity contribution >= 4 is 0 Å². The van der Waals surface area contributed by atoms with Crippen LogP contribution in [0.15, 0.2) is 12.4 Å². The highest BCUT2D eigenvalue weighted by atomic mass is 16.7. The number of hydrogen-bond acceptors (Lipinski definition) is 4. The lowest BCUT2D eigenvalue weighted by Gasteiger charge is -2.23. The molecule has 80 valence electrons. The number of aromatic nitrogens is 2. The Hall–Kier alpha value is -1.38. The lowest BCUT2D eigenvalue weighted by atomic mass is 10.3. The van der Waals surface area contributed by atoms with Gasteiger partial charge in [-0.3, -0.25) is 0 Å². The summed E-state index contributed by atoms with van der Waals surface area (Å²) in [5.41, 5.74) is 0. The van der Waals surface area contributed by atoms with E-state index in [0.717, 1.165) is 26.1 Å². The van der Waals surface area contributed by atoms with Crippen molar-refractivity contribution in [3.05, 3.63) is 18.2 Å². The summed E-state index contributed by atoms with van der Waals surface area (Å²) < 4.78 is 12.6. The van der Waals surface area contributed by atoms with Gasteiger partial charge in [0, 0.05) is 25.4 Å². The average molecular weight is 207 g/mol. The first-order valence-corrected chi connectivity index (χ1v) is 5.04. The third-order valence-corrected chi connectivity index (χ3v) is 2.32. The van der Waals surface area contributed by atoms with Crippen molar-refractivity contribution < 1.29 is 9.47 Å². The Bertz CT molecular complexity index is 350. The quantitative estimate of drug-likeness (QED) is 0.739. The highest BCUT2D eigenvalue weighted by molar-refractivity contribution is 5.10. The zero-order valence-electron chi connectivity index (χ0n) is 8.43. The minimum Gasteiger partial charge on any atom is -0.353 e. The molecule has 1 fully saturated rings. The first-order valence-electron chi connectivity index (χ1n) is 5.04. The van der Waals surface area contributed by atoms with Crippen molar-refractivity contribution in [2.45, 2.75) is 25.7 Å². The molecule has 5 nitrogen and oxygen atoms in total. The lowest BCUT2D eigenvalue weighted by molar-refractivity contribution is -0.182. The number of ether oxygens (including phenoxy) is 2. The van der Waals surface area contributed by atoms with Gasteiger partial charge < -0.3 is 14.0 Å². The van der Waals surface area contributed by atoms with Crippen molar-refractivity contribution in [1.82, 2.24) is 9.55 Å². The van der Waals surface area contributed by atoms with Gasteiger partial charge in [0.1, 0.15) is 6.07 Å². The largest absolute Gasteiger partial charge is 0.353 e. The van der Waals surface area contributed by atoms with Crippen LogP contribution < -0.4 is 0 Å². The number of aryl methyl sites for hydroxylation is 1. The summed E-state index contributed by atoms with van der Waals surface area (Å²) in [4.78, 5) is 3.92. The molecule has 1 saturated heterocycles. The minimum atomic E-state index is -0.132. The normalized spacial score (nSPS) is 17.5. The monoisotopic (exact) mass is 207 g/mol. The van der Waals surface area contributed by atoms with Gasteiger partial charge in [-0.1, -0.05) is 0 Å². The van der Waals surface area contributed by atoms with E-state index < -0.39 is 0 Å². The van der Waals surface area contributed by atoms with Gasteiger partial charge in [0.15, 0.2) is 6.29 Å². The Kier molecular flexibility index (Phi) is 3.33. The maximum atomic E-state index is 8.75. The molecule has 1 aliphatic heterocycles. The Morgan fingerprint density at radius 2 is 2.33 bits per heavy atom. The third kappa shape index (κ3) is 2.55. The fourth-order valence-electron chi connectivity index (χ4n) is 1.55. The number of hydrogen-bond donors (Lipinski definition) is 0. The maximum Gasteiger partial charge on any atom is 0.212 e. The molecule has 1 aromatic rings. The number of rotatable bonds is 3. The van der Waals surface area contributed by atoms with Crippen LogP contribution in [0.5, 0.6) is 0 Å². The zero-order chi connectivity index (χ0) is 10.5. The molecular formula is C10H13N3O2. The molecule has 0 radical (unpaired) electrons. The van der Waals surface area contributed by atoms with E-state index in [1.165, 1.54) is 0 Å². The van der Waals surface area contributed by atoms with E-state index in [1.54, 1.807) is 17.0 Å². The Morgan fingerprint density at radius 3 is 3.07 bits per heavy atom. The SMILES string of the molecule is N#Cc1nccn1CCC1OCCCO1. The molecule has 0 unspecified atom stereocenters. The predicted molar refractivity (Wildman–Crippen MR) is 51.9 cm³/mol. The maximum absolute atomic E-state index is 8.75. The molecule has 0 N–H and O–H groups in total. The van der Waals surface area contributed by atoms with Gasteiger partial charge in [0.05, 0.1) is 13.2 Å². The Balaban J connectivity index is 1.85. The van der Waals surface area contributed by atoms with Crippen molar-refractivity contribution in [2.24, 2.45) is 0 Å². The van der Waals surface area contributed by atoms with Crippen LogP contribution in [-0.2, 0) is 16.0 Å². The highest BCUT2D eigenvalue weighted by Gasteiger charge is 2.14. The van der Waals surface area contributed by atoms with E-state index in [1.807, 2.05) is 6.07 Å². The van der Waals surface area contributed by atoms with Crippen LogP contribution >= 0.6 is 0 Å². The second-order valence-electron chi connectivity index (χ2n) is 3.37. The first kappa shape index (κ1) is 10.1. The molecule has 1 aromatic heterocycles. The molecule has 0 spiro atoms. The number of nitriles is 1. The van der Waals surface area contributed by atoms with Crippen molar-refractivity contribution in [3.63, 3.8) is 0 Å². The van der Waals surface area contributed by atoms with Crippen LogP contribution in [0, 0.1) is 11.3 Å². The van der Waals surface area contributed by atoms with Gasteiger partial charge in [-0.2, -0.15) is 5.26 Å².